The lowest BCUT2D eigenvalue weighted by molar-refractivity contribution is -0.134. The van der Waals surface area contributed by atoms with E-state index in [1.807, 2.05) is 17.0 Å². The van der Waals surface area contributed by atoms with Crippen molar-refractivity contribution in [2.45, 2.75) is 50.4 Å². The van der Waals surface area contributed by atoms with E-state index < -0.39 is 0 Å². The fourth-order valence-corrected chi connectivity index (χ4v) is 5.25. The third kappa shape index (κ3) is 2.78. The zero-order chi connectivity index (χ0) is 19.3. The van der Waals surface area contributed by atoms with E-state index in [0.717, 1.165) is 35.4 Å². The van der Waals surface area contributed by atoms with Crippen LogP contribution in [0.15, 0.2) is 41.6 Å². The Morgan fingerprint density at radius 3 is 2.43 bits per heavy atom. The van der Waals surface area contributed by atoms with Gasteiger partial charge in [0.05, 0.1) is 5.75 Å². The number of amides is 1. The minimum Gasteiger partial charge on any atom is -0.337 e. The summed E-state index contributed by atoms with van der Waals surface area (Å²) in [5.74, 6) is 0.519. The molecule has 0 radical (unpaired) electrons. The minimum absolute atomic E-state index is 0.166. The average molecular weight is 391 g/mol. The van der Waals surface area contributed by atoms with Gasteiger partial charge in [0.2, 0.25) is 11.1 Å². The number of aromatic nitrogens is 3. The number of nitrogens with zero attached hydrogens (tertiary/aromatic N) is 4. The molecule has 2 aromatic carbocycles. The van der Waals surface area contributed by atoms with Crippen LogP contribution >= 0.6 is 11.8 Å². The first-order chi connectivity index (χ1) is 13.6. The van der Waals surface area contributed by atoms with Crippen LogP contribution in [0.4, 0.5) is 0 Å². The Hall–Kier alpha value is -2.47. The largest absolute Gasteiger partial charge is 0.337 e. The molecular formula is C22H22N4OS. The van der Waals surface area contributed by atoms with Crippen LogP contribution in [0.3, 0.4) is 0 Å². The summed E-state index contributed by atoms with van der Waals surface area (Å²) in [6.07, 6.45) is 3.36. The summed E-state index contributed by atoms with van der Waals surface area (Å²) in [4.78, 5) is 19.6. The summed E-state index contributed by atoms with van der Waals surface area (Å²) in [5, 5.41) is 11.7. The van der Waals surface area contributed by atoms with E-state index in [-0.39, 0.29) is 5.91 Å². The molecule has 3 aromatic rings. The molecule has 2 atom stereocenters. The summed E-state index contributed by atoms with van der Waals surface area (Å²) in [6.45, 7) is 4.28. The van der Waals surface area contributed by atoms with Crippen LogP contribution in [-0.4, -0.2) is 43.8 Å². The van der Waals surface area contributed by atoms with Crippen LogP contribution in [0, 0.1) is 0 Å². The maximum Gasteiger partial charge on any atom is 0.233 e. The zero-order valence-corrected chi connectivity index (χ0v) is 16.9. The maximum atomic E-state index is 12.8. The van der Waals surface area contributed by atoms with E-state index >= 15 is 0 Å². The second-order valence-corrected chi connectivity index (χ2v) is 8.66. The van der Waals surface area contributed by atoms with Gasteiger partial charge in [0, 0.05) is 28.6 Å². The first-order valence-corrected chi connectivity index (χ1v) is 10.8. The molecule has 0 spiro atoms. The molecule has 6 heteroatoms. The maximum absolute atomic E-state index is 12.8. The standard InChI is InChI=1S/C22H22N4OS/c1-13-6-3-7-14(2)26(13)18(27)12-28-22-23-20-16-10-4-8-15-9-5-11-17(19(15)16)21(20)24-25-22/h4-5,8-11,13-14H,3,6-7,12H2,1-2H3. The molecule has 2 heterocycles. The zero-order valence-electron chi connectivity index (χ0n) is 16.1. The van der Waals surface area contributed by atoms with Gasteiger partial charge in [0.25, 0.3) is 0 Å². The highest BCUT2D eigenvalue weighted by molar-refractivity contribution is 7.99. The predicted molar refractivity (Wildman–Crippen MR) is 112 cm³/mol. The van der Waals surface area contributed by atoms with Gasteiger partial charge in [0.15, 0.2) is 0 Å². The van der Waals surface area contributed by atoms with Crippen molar-refractivity contribution in [3.8, 4) is 22.5 Å². The van der Waals surface area contributed by atoms with Crippen molar-refractivity contribution in [2.75, 3.05) is 5.75 Å². The Morgan fingerprint density at radius 2 is 1.71 bits per heavy atom. The molecule has 1 aromatic heterocycles. The number of thioether (sulfide) groups is 1. The molecule has 0 saturated carbocycles. The van der Waals surface area contributed by atoms with E-state index in [1.54, 1.807) is 0 Å². The quantitative estimate of drug-likeness (QED) is 0.480. The van der Waals surface area contributed by atoms with Crippen LogP contribution in [0.5, 0.6) is 0 Å². The lowest BCUT2D eigenvalue weighted by Gasteiger charge is -2.39. The Morgan fingerprint density at radius 1 is 1.04 bits per heavy atom. The van der Waals surface area contributed by atoms with Crippen LogP contribution in [0.2, 0.25) is 0 Å². The van der Waals surface area contributed by atoms with Crippen molar-refractivity contribution in [1.82, 2.24) is 20.1 Å². The average Bonchev–Trinajstić information content (AvgIpc) is 3.02. The minimum atomic E-state index is 0.166. The van der Waals surface area contributed by atoms with Crippen LogP contribution < -0.4 is 0 Å². The van der Waals surface area contributed by atoms with Crippen molar-refractivity contribution >= 4 is 28.4 Å². The van der Waals surface area contributed by atoms with E-state index in [0.29, 0.717) is 23.0 Å². The van der Waals surface area contributed by atoms with Crippen molar-refractivity contribution in [2.24, 2.45) is 0 Å². The van der Waals surface area contributed by atoms with Gasteiger partial charge in [-0.3, -0.25) is 4.79 Å². The monoisotopic (exact) mass is 390 g/mol. The number of carbonyl (C=O) groups is 1. The smallest absolute Gasteiger partial charge is 0.233 e. The number of rotatable bonds is 3. The second kappa shape index (κ2) is 6.85. The number of likely N-dealkylation sites (tertiary alicyclic amines) is 1. The number of benzene rings is 2. The van der Waals surface area contributed by atoms with Crippen LogP contribution in [0.25, 0.3) is 33.3 Å². The highest BCUT2D eigenvalue weighted by atomic mass is 32.2. The van der Waals surface area contributed by atoms with E-state index in [4.69, 9.17) is 4.98 Å². The summed E-state index contributed by atoms with van der Waals surface area (Å²) in [6, 6.07) is 13.1. The number of fused-ring (bicyclic) bond motifs is 3. The van der Waals surface area contributed by atoms with Gasteiger partial charge in [-0.2, -0.15) is 0 Å². The Labute approximate surface area is 168 Å². The van der Waals surface area contributed by atoms with Gasteiger partial charge in [-0.15, -0.1) is 10.2 Å². The SMILES string of the molecule is CC1CCCC(C)N1C(=O)CSc1nnc2c(n1)-c1cccc3cccc-2c13. The Balaban J connectivity index is 1.40. The molecule has 1 saturated heterocycles. The molecule has 5 rings (SSSR count). The first-order valence-electron chi connectivity index (χ1n) is 9.84. The first kappa shape index (κ1) is 17.6. The van der Waals surface area contributed by atoms with Gasteiger partial charge in [-0.05, 0) is 38.5 Å². The molecule has 1 aliphatic carbocycles. The molecule has 142 valence electrons. The molecule has 2 unspecified atom stereocenters. The summed E-state index contributed by atoms with van der Waals surface area (Å²) in [5.41, 5.74) is 3.90. The Bertz CT molecular complexity index is 1070. The van der Waals surface area contributed by atoms with E-state index in [1.165, 1.54) is 29.0 Å². The lowest BCUT2D eigenvalue weighted by Crippen LogP contribution is -2.48. The number of hydrogen-bond donors (Lipinski definition) is 0. The third-order valence-corrected chi connectivity index (χ3v) is 6.71. The van der Waals surface area contributed by atoms with Crippen LogP contribution in [0.1, 0.15) is 33.1 Å². The molecule has 5 nitrogen and oxygen atoms in total. The molecule has 1 aliphatic heterocycles. The number of hydrogen-bond acceptors (Lipinski definition) is 5. The normalized spacial score (nSPS) is 20.4. The van der Waals surface area contributed by atoms with Gasteiger partial charge in [-0.25, -0.2) is 4.98 Å². The molecular weight excluding hydrogens is 368 g/mol. The fraction of sp³-hybridized carbons (Fsp3) is 0.364. The van der Waals surface area contributed by atoms with Crippen molar-refractivity contribution in [3.63, 3.8) is 0 Å². The third-order valence-electron chi connectivity index (χ3n) is 5.89. The van der Waals surface area contributed by atoms with Gasteiger partial charge < -0.3 is 4.90 Å². The van der Waals surface area contributed by atoms with E-state index in [9.17, 15) is 4.79 Å². The molecule has 2 aliphatic rings. The predicted octanol–water partition coefficient (Wildman–Crippen LogP) is 4.55. The van der Waals surface area contributed by atoms with Crippen molar-refractivity contribution in [3.05, 3.63) is 36.4 Å². The molecule has 0 N–H and O–H groups in total. The van der Waals surface area contributed by atoms with Gasteiger partial charge >= 0.3 is 0 Å². The summed E-state index contributed by atoms with van der Waals surface area (Å²) in [7, 11) is 0. The molecule has 28 heavy (non-hydrogen) atoms. The van der Waals surface area contributed by atoms with Crippen LogP contribution in [-0.2, 0) is 4.79 Å². The topological polar surface area (TPSA) is 59.0 Å². The summed E-state index contributed by atoms with van der Waals surface area (Å²) < 4.78 is 0. The lowest BCUT2D eigenvalue weighted by atomic mass is 9.98. The number of piperidine rings is 1. The van der Waals surface area contributed by atoms with Gasteiger partial charge in [0.1, 0.15) is 11.4 Å². The van der Waals surface area contributed by atoms with Crippen molar-refractivity contribution < 1.29 is 4.79 Å². The number of carbonyl (C=O) groups excluding carboxylic acids is 1. The second-order valence-electron chi connectivity index (χ2n) is 7.72. The molecule has 0 bridgehead atoms. The van der Waals surface area contributed by atoms with E-state index in [2.05, 4.69) is 48.3 Å². The van der Waals surface area contributed by atoms with Crippen molar-refractivity contribution in [1.29, 1.82) is 0 Å². The highest BCUT2D eigenvalue weighted by Gasteiger charge is 2.29. The molecule has 1 fully saturated rings. The molecule has 1 amide bonds. The van der Waals surface area contributed by atoms with Gasteiger partial charge in [-0.1, -0.05) is 48.2 Å². The Kier molecular flexibility index (Phi) is 4.31. The summed E-state index contributed by atoms with van der Waals surface area (Å²) >= 11 is 1.38. The highest BCUT2D eigenvalue weighted by Crippen LogP contribution is 2.44. The fourth-order valence-electron chi connectivity index (χ4n) is 4.59.